The van der Waals surface area contributed by atoms with Gasteiger partial charge in [0.25, 0.3) is 11.5 Å². The van der Waals surface area contributed by atoms with Crippen molar-refractivity contribution in [1.29, 1.82) is 0 Å². The maximum Gasteiger partial charge on any atom is 0.274 e. The summed E-state index contributed by atoms with van der Waals surface area (Å²) < 4.78 is 1.41. The number of carbonyl (C=O) groups is 2. The van der Waals surface area contributed by atoms with Gasteiger partial charge in [0.2, 0.25) is 5.91 Å². The number of hydrogen-bond acceptors (Lipinski definition) is 5. The van der Waals surface area contributed by atoms with Gasteiger partial charge in [-0.1, -0.05) is 131 Å². The Morgan fingerprint density at radius 2 is 1.48 bits per heavy atom. The lowest BCUT2D eigenvalue weighted by Crippen LogP contribution is -2.37. The summed E-state index contributed by atoms with van der Waals surface area (Å²) in [5, 5.41) is 13.9. The van der Waals surface area contributed by atoms with Gasteiger partial charge in [-0.3, -0.25) is 19.0 Å². The molecule has 2 amide bonds. The van der Waals surface area contributed by atoms with Crippen molar-refractivity contribution in [2.45, 2.75) is 96.6 Å². The standard InChI is InChI=1S/C39H46ClN5O3/c1-2-3-4-5-6-7-8-9-10-11-15-22-35(46)41-31-23-24-33(40)34(27-31)42-37-36(39(48)45(43-37)28-29-18-13-12-14-19-29)44-26-25-30-20-16-17-21-32(30)38(44)47/h12-14,16-21,23-27,36H,2-11,15,22,28H2,1H3,(H,41,46)(H,42,43). The molecular weight excluding hydrogens is 622 g/mol. The minimum Gasteiger partial charge on any atom is -0.339 e. The van der Waals surface area contributed by atoms with Crippen molar-refractivity contribution in [3.63, 3.8) is 0 Å². The normalized spacial score (nSPS) is 14.4. The van der Waals surface area contributed by atoms with Crippen LogP contribution >= 0.6 is 11.6 Å². The Balaban J connectivity index is 1.23. The van der Waals surface area contributed by atoms with Crippen molar-refractivity contribution < 1.29 is 9.59 Å². The van der Waals surface area contributed by atoms with E-state index in [2.05, 4.69) is 22.7 Å². The van der Waals surface area contributed by atoms with Gasteiger partial charge in [0, 0.05) is 23.7 Å². The van der Waals surface area contributed by atoms with Crippen LogP contribution in [0.2, 0.25) is 5.02 Å². The average Bonchev–Trinajstić information content (AvgIpc) is 3.39. The first kappa shape index (κ1) is 34.9. The molecule has 1 unspecified atom stereocenters. The number of nitrogens with one attached hydrogen (secondary N) is 2. The number of hydrogen-bond donors (Lipinski definition) is 2. The Labute approximate surface area is 288 Å². The lowest BCUT2D eigenvalue weighted by Gasteiger charge is -2.18. The Hall–Kier alpha value is -4.43. The number of hydrazone groups is 1. The van der Waals surface area contributed by atoms with Crippen LogP contribution in [0.3, 0.4) is 0 Å². The Morgan fingerprint density at radius 1 is 0.812 bits per heavy atom. The summed E-state index contributed by atoms with van der Waals surface area (Å²) in [6.45, 7) is 2.49. The van der Waals surface area contributed by atoms with Crippen molar-refractivity contribution in [1.82, 2.24) is 9.58 Å². The van der Waals surface area contributed by atoms with Gasteiger partial charge in [-0.15, -0.1) is 0 Å². The Bertz CT molecular complexity index is 1770. The van der Waals surface area contributed by atoms with E-state index in [9.17, 15) is 14.4 Å². The first-order chi connectivity index (χ1) is 23.4. The maximum absolute atomic E-state index is 13.9. The van der Waals surface area contributed by atoms with E-state index in [0.29, 0.717) is 28.2 Å². The highest BCUT2D eigenvalue weighted by Gasteiger charge is 2.38. The zero-order valence-corrected chi connectivity index (χ0v) is 28.6. The van der Waals surface area contributed by atoms with Gasteiger partial charge in [0.05, 0.1) is 17.3 Å². The zero-order chi connectivity index (χ0) is 33.7. The van der Waals surface area contributed by atoms with E-state index in [-0.39, 0.29) is 29.8 Å². The number of amidine groups is 1. The lowest BCUT2D eigenvalue weighted by atomic mass is 10.1. The molecule has 0 aliphatic carbocycles. The maximum atomic E-state index is 13.9. The molecule has 1 aromatic heterocycles. The average molecular weight is 668 g/mol. The number of pyridine rings is 1. The van der Waals surface area contributed by atoms with Crippen LogP contribution in [-0.4, -0.2) is 27.2 Å². The monoisotopic (exact) mass is 667 g/mol. The molecule has 8 nitrogen and oxygen atoms in total. The third kappa shape index (κ3) is 9.34. The largest absolute Gasteiger partial charge is 0.339 e. The van der Waals surface area contributed by atoms with E-state index < -0.39 is 6.04 Å². The minimum absolute atomic E-state index is 0.0535. The summed E-state index contributed by atoms with van der Waals surface area (Å²) in [7, 11) is 0. The Morgan fingerprint density at radius 3 is 2.21 bits per heavy atom. The number of fused-ring (bicyclic) bond motifs is 1. The van der Waals surface area contributed by atoms with Gasteiger partial charge in [0.15, 0.2) is 11.9 Å². The van der Waals surface area contributed by atoms with E-state index in [4.69, 9.17) is 11.6 Å². The predicted molar refractivity (Wildman–Crippen MR) is 196 cm³/mol. The van der Waals surface area contributed by atoms with Crippen LogP contribution in [0.4, 0.5) is 11.4 Å². The predicted octanol–water partition coefficient (Wildman–Crippen LogP) is 9.30. The molecule has 0 radical (unpaired) electrons. The smallest absolute Gasteiger partial charge is 0.274 e. The molecule has 3 aromatic carbocycles. The summed E-state index contributed by atoms with van der Waals surface area (Å²) in [6, 6.07) is 22.8. The first-order valence-electron chi connectivity index (χ1n) is 17.3. The van der Waals surface area contributed by atoms with E-state index in [1.165, 1.54) is 60.9 Å². The molecule has 1 aliphatic rings. The van der Waals surface area contributed by atoms with Gasteiger partial charge in [0.1, 0.15) is 0 Å². The number of halogens is 1. The molecule has 2 heterocycles. The van der Waals surface area contributed by atoms with Crippen LogP contribution in [0.5, 0.6) is 0 Å². The highest BCUT2D eigenvalue weighted by atomic mass is 35.5. The number of anilines is 2. The molecular formula is C39H46ClN5O3. The minimum atomic E-state index is -1.03. The highest BCUT2D eigenvalue weighted by molar-refractivity contribution is 6.34. The van der Waals surface area contributed by atoms with Crippen LogP contribution in [0.25, 0.3) is 10.8 Å². The molecule has 0 spiro atoms. The lowest BCUT2D eigenvalue weighted by molar-refractivity contribution is -0.131. The molecule has 1 aliphatic heterocycles. The van der Waals surface area contributed by atoms with Gasteiger partial charge in [-0.2, -0.15) is 5.10 Å². The summed E-state index contributed by atoms with van der Waals surface area (Å²) >= 11 is 6.61. The molecule has 0 saturated carbocycles. The molecule has 1 atom stereocenters. The molecule has 4 aromatic rings. The van der Waals surface area contributed by atoms with Crippen molar-refractivity contribution in [3.8, 4) is 0 Å². The first-order valence-corrected chi connectivity index (χ1v) is 17.7. The summed E-state index contributed by atoms with van der Waals surface area (Å²) in [5.41, 5.74) is 1.66. The second-order valence-corrected chi connectivity index (χ2v) is 12.9. The molecule has 252 valence electrons. The van der Waals surface area contributed by atoms with E-state index in [0.717, 1.165) is 30.2 Å². The van der Waals surface area contributed by atoms with Crippen LogP contribution < -0.4 is 16.2 Å². The second-order valence-electron chi connectivity index (χ2n) is 12.5. The number of unbranched alkanes of at least 4 members (excludes halogenated alkanes) is 10. The SMILES string of the molecule is CCCCCCCCCCCCCC(=O)Nc1ccc(Cl)c(NC2=NN(Cc3ccccc3)C(=O)C2n2ccc3ccccc3c2=O)c1. The highest BCUT2D eigenvalue weighted by Crippen LogP contribution is 2.30. The van der Waals surface area contributed by atoms with Crippen LogP contribution in [0, 0.1) is 0 Å². The number of carbonyl (C=O) groups excluding carboxylic acids is 2. The molecule has 2 N–H and O–H groups in total. The van der Waals surface area contributed by atoms with Gasteiger partial charge >= 0.3 is 0 Å². The number of amides is 2. The van der Waals surface area contributed by atoms with Crippen molar-refractivity contribution in [3.05, 3.63) is 106 Å². The van der Waals surface area contributed by atoms with Crippen LogP contribution in [-0.2, 0) is 16.1 Å². The van der Waals surface area contributed by atoms with E-state index >= 15 is 0 Å². The topological polar surface area (TPSA) is 95.8 Å². The number of nitrogens with zero attached hydrogens (tertiary/aromatic N) is 3. The fourth-order valence-electron chi connectivity index (χ4n) is 6.12. The summed E-state index contributed by atoms with van der Waals surface area (Å²) in [4.78, 5) is 40.3. The van der Waals surface area contributed by atoms with Crippen molar-refractivity contribution in [2.75, 3.05) is 10.6 Å². The van der Waals surface area contributed by atoms with Crippen molar-refractivity contribution in [2.24, 2.45) is 5.10 Å². The van der Waals surface area contributed by atoms with Gasteiger partial charge in [-0.05, 0) is 47.7 Å². The summed E-state index contributed by atoms with van der Waals surface area (Å²) in [6.07, 6.45) is 15.6. The number of rotatable bonds is 17. The zero-order valence-electron chi connectivity index (χ0n) is 27.8. The Kier molecular flexibility index (Phi) is 12.8. The van der Waals surface area contributed by atoms with Crippen LogP contribution in [0.1, 0.15) is 95.6 Å². The molecule has 0 bridgehead atoms. The third-order valence-corrected chi connectivity index (χ3v) is 9.12. The number of benzene rings is 3. The second kappa shape index (κ2) is 17.6. The quantitative estimate of drug-likeness (QED) is 0.110. The van der Waals surface area contributed by atoms with Crippen LogP contribution in [0.15, 0.2) is 95.0 Å². The van der Waals surface area contributed by atoms with E-state index in [1.54, 1.807) is 36.5 Å². The molecule has 0 saturated heterocycles. The van der Waals surface area contributed by atoms with Gasteiger partial charge in [-0.25, -0.2) is 5.01 Å². The fourth-order valence-corrected chi connectivity index (χ4v) is 6.29. The fraction of sp³-hybridized carbons (Fsp3) is 0.385. The number of aromatic nitrogens is 1. The van der Waals surface area contributed by atoms with E-state index in [1.807, 2.05) is 48.5 Å². The molecule has 9 heteroatoms. The molecule has 0 fully saturated rings. The molecule has 48 heavy (non-hydrogen) atoms. The summed E-state index contributed by atoms with van der Waals surface area (Å²) in [5.74, 6) is -0.131. The third-order valence-electron chi connectivity index (χ3n) is 8.79. The van der Waals surface area contributed by atoms with Gasteiger partial charge < -0.3 is 10.6 Å². The molecule has 5 rings (SSSR count). The van der Waals surface area contributed by atoms with Crippen molar-refractivity contribution >= 4 is 51.4 Å².